The summed E-state index contributed by atoms with van der Waals surface area (Å²) in [6, 6.07) is 0. The molecule has 92 valence electrons. The Labute approximate surface area is 92.3 Å². The van der Waals surface area contributed by atoms with Gasteiger partial charge in [-0.25, -0.2) is 27.3 Å². The number of rotatable bonds is 4. The second-order valence-electron chi connectivity index (χ2n) is 3.68. The molecule has 0 aromatic carbocycles. The van der Waals surface area contributed by atoms with Crippen LogP contribution >= 0.6 is 0 Å². The first kappa shape index (κ1) is 13.0. The minimum atomic E-state index is -3.95. The number of hydrogen-bond donors (Lipinski definition) is 1. The van der Waals surface area contributed by atoms with Crippen LogP contribution in [0.15, 0.2) is 11.2 Å². The Morgan fingerprint density at radius 2 is 2.06 bits per heavy atom. The van der Waals surface area contributed by atoms with Gasteiger partial charge in [-0.3, -0.25) is 0 Å². The highest BCUT2D eigenvalue weighted by molar-refractivity contribution is 7.89. The molecule has 0 saturated heterocycles. The van der Waals surface area contributed by atoms with Crippen molar-refractivity contribution >= 4 is 10.0 Å². The van der Waals surface area contributed by atoms with Crippen molar-refractivity contribution in [1.29, 1.82) is 0 Å². The van der Waals surface area contributed by atoms with Crippen LogP contribution in [0.5, 0.6) is 0 Å². The molecule has 5 nitrogen and oxygen atoms in total. The van der Waals surface area contributed by atoms with E-state index in [-0.39, 0.29) is 16.8 Å². The summed E-state index contributed by atoms with van der Waals surface area (Å²) in [4.78, 5) is 3.75. The van der Waals surface area contributed by atoms with Gasteiger partial charge >= 0.3 is 0 Å². The fraction of sp³-hybridized carbons (Fsp3) is 0.625. The number of primary sulfonamides is 1. The molecule has 0 aliphatic heterocycles. The highest BCUT2D eigenvalue weighted by Crippen LogP contribution is 2.17. The van der Waals surface area contributed by atoms with Gasteiger partial charge in [0.2, 0.25) is 0 Å². The standard InChI is InChI=1S/C8H13F2N3O2S/c1-5(2)8-12-7(16(11,14)15)4-13(8)3-6(9)10/h4-6H,3H2,1-2H3,(H2,11,14,15). The van der Waals surface area contributed by atoms with E-state index in [0.29, 0.717) is 0 Å². The Kier molecular flexibility index (Phi) is 3.64. The van der Waals surface area contributed by atoms with Gasteiger partial charge in [0.1, 0.15) is 5.82 Å². The van der Waals surface area contributed by atoms with Gasteiger partial charge in [-0.2, -0.15) is 0 Å². The Morgan fingerprint density at radius 1 is 1.50 bits per heavy atom. The molecule has 2 N–H and O–H groups in total. The van der Waals surface area contributed by atoms with Crippen molar-refractivity contribution < 1.29 is 17.2 Å². The van der Waals surface area contributed by atoms with Gasteiger partial charge in [-0.1, -0.05) is 13.8 Å². The molecule has 0 radical (unpaired) electrons. The summed E-state index contributed by atoms with van der Waals surface area (Å²) < 4.78 is 47.6. The molecule has 0 aliphatic rings. The van der Waals surface area contributed by atoms with E-state index in [9.17, 15) is 17.2 Å². The average Bonchev–Trinajstić information content (AvgIpc) is 2.45. The van der Waals surface area contributed by atoms with Crippen molar-refractivity contribution in [3.05, 3.63) is 12.0 Å². The molecule has 0 unspecified atom stereocenters. The summed E-state index contributed by atoms with van der Waals surface area (Å²) >= 11 is 0. The summed E-state index contributed by atoms with van der Waals surface area (Å²) in [5.41, 5.74) is 0. The lowest BCUT2D eigenvalue weighted by Gasteiger charge is -2.08. The Morgan fingerprint density at radius 3 is 2.44 bits per heavy atom. The third-order valence-electron chi connectivity index (χ3n) is 1.93. The highest BCUT2D eigenvalue weighted by Gasteiger charge is 2.19. The molecule has 8 heteroatoms. The average molecular weight is 253 g/mol. The Balaban J connectivity index is 3.20. The summed E-state index contributed by atoms with van der Waals surface area (Å²) in [6.07, 6.45) is -1.53. The molecular weight excluding hydrogens is 240 g/mol. The van der Waals surface area contributed by atoms with E-state index in [1.807, 2.05) is 0 Å². The maximum Gasteiger partial charge on any atom is 0.257 e. The van der Waals surface area contributed by atoms with Crippen molar-refractivity contribution in [2.45, 2.75) is 37.8 Å². The summed E-state index contributed by atoms with van der Waals surface area (Å²) in [5, 5.41) is 4.50. The first-order valence-corrected chi connectivity index (χ1v) is 6.14. The van der Waals surface area contributed by atoms with Crippen LogP contribution in [0.1, 0.15) is 25.6 Å². The predicted octanol–water partition coefficient (Wildman–Crippen LogP) is 0.919. The molecule has 0 fully saturated rings. The van der Waals surface area contributed by atoms with Crippen LogP contribution in [0.2, 0.25) is 0 Å². The van der Waals surface area contributed by atoms with Crippen LogP contribution in [-0.2, 0) is 16.6 Å². The maximum atomic E-state index is 12.2. The second-order valence-corrected chi connectivity index (χ2v) is 5.19. The monoisotopic (exact) mass is 253 g/mol. The summed E-state index contributed by atoms with van der Waals surface area (Å²) in [6.45, 7) is 2.88. The lowest BCUT2D eigenvalue weighted by molar-refractivity contribution is 0.125. The normalized spacial score (nSPS) is 12.7. The van der Waals surface area contributed by atoms with Gasteiger partial charge in [0.05, 0.1) is 6.54 Å². The van der Waals surface area contributed by atoms with Crippen molar-refractivity contribution in [3.63, 3.8) is 0 Å². The smallest absolute Gasteiger partial charge is 0.257 e. The topological polar surface area (TPSA) is 78.0 Å². The zero-order valence-corrected chi connectivity index (χ0v) is 9.71. The molecule has 16 heavy (non-hydrogen) atoms. The SMILES string of the molecule is CC(C)c1nc(S(N)(=O)=O)cn1CC(F)F. The zero-order chi connectivity index (χ0) is 12.5. The number of nitrogens with zero attached hydrogens (tertiary/aromatic N) is 2. The van der Waals surface area contributed by atoms with Crippen molar-refractivity contribution in [2.75, 3.05) is 0 Å². The number of aromatic nitrogens is 2. The van der Waals surface area contributed by atoms with E-state index in [4.69, 9.17) is 5.14 Å². The molecule has 1 rings (SSSR count). The molecule has 0 atom stereocenters. The first-order valence-electron chi connectivity index (χ1n) is 4.60. The molecule has 0 aliphatic carbocycles. The van der Waals surface area contributed by atoms with Crippen LogP contribution in [0.3, 0.4) is 0 Å². The lowest BCUT2D eigenvalue weighted by atomic mass is 10.2. The number of halogens is 2. The predicted molar refractivity (Wildman–Crippen MR) is 53.7 cm³/mol. The summed E-state index contributed by atoms with van der Waals surface area (Å²) in [7, 11) is -3.95. The van der Waals surface area contributed by atoms with Crippen LogP contribution in [0.4, 0.5) is 8.78 Å². The zero-order valence-electron chi connectivity index (χ0n) is 8.89. The minimum Gasteiger partial charge on any atom is -0.328 e. The fourth-order valence-electron chi connectivity index (χ4n) is 1.30. The highest BCUT2D eigenvalue weighted by atomic mass is 32.2. The second kappa shape index (κ2) is 4.46. The third-order valence-corrected chi connectivity index (χ3v) is 2.71. The number of nitrogens with two attached hydrogens (primary N) is 1. The van der Waals surface area contributed by atoms with Crippen LogP contribution in [0.25, 0.3) is 0 Å². The van der Waals surface area contributed by atoms with Gasteiger partial charge in [0.25, 0.3) is 16.4 Å². The molecule has 0 amide bonds. The minimum absolute atomic E-state index is 0.158. The van der Waals surface area contributed by atoms with Crippen LogP contribution in [-0.4, -0.2) is 24.4 Å². The summed E-state index contributed by atoms with van der Waals surface area (Å²) in [5.74, 6) is 0.124. The van der Waals surface area contributed by atoms with Gasteiger partial charge in [-0.15, -0.1) is 0 Å². The lowest BCUT2D eigenvalue weighted by Crippen LogP contribution is -2.12. The van der Waals surface area contributed by atoms with Crippen LogP contribution in [0, 0.1) is 0 Å². The Hall–Kier alpha value is -1.02. The number of hydrogen-bond acceptors (Lipinski definition) is 3. The van der Waals surface area contributed by atoms with E-state index in [1.165, 1.54) is 0 Å². The fourth-order valence-corrected chi connectivity index (χ4v) is 1.79. The largest absolute Gasteiger partial charge is 0.328 e. The first-order chi connectivity index (χ1) is 7.21. The number of alkyl halides is 2. The Bertz CT molecular complexity index is 468. The van der Waals surface area contributed by atoms with E-state index < -0.39 is 23.0 Å². The maximum absolute atomic E-state index is 12.2. The van der Waals surface area contributed by atoms with Gasteiger partial charge in [0, 0.05) is 12.1 Å². The van der Waals surface area contributed by atoms with Crippen LogP contribution < -0.4 is 5.14 Å². The van der Waals surface area contributed by atoms with Crippen molar-refractivity contribution in [2.24, 2.45) is 5.14 Å². The van der Waals surface area contributed by atoms with Gasteiger partial charge in [0.15, 0.2) is 5.03 Å². The quantitative estimate of drug-likeness (QED) is 0.866. The van der Waals surface area contributed by atoms with Gasteiger partial charge < -0.3 is 4.57 Å². The number of sulfonamides is 1. The van der Waals surface area contributed by atoms with E-state index in [2.05, 4.69) is 4.98 Å². The third kappa shape index (κ3) is 2.99. The molecule has 0 bridgehead atoms. The molecular formula is C8H13F2N3O2S. The molecule has 1 aromatic heterocycles. The van der Waals surface area contributed by atoms with E-state index >= 15 is 0 Å². The molecule has 1 aromatic rings. The molecule has 0 spiro atoms. The van der Waals surface area contributed by atoms with Crippen molar-refractivity contribution in [1.82, 2.24) is 9.55 Å². The molecule has 0 saturated carbocycles. The van der Waals surface area contributed by atoms with E-state index in [0.717, 1.165) is 10.8 Å². The van der Waals surface area contributed by atoms with E-state index in [1.54, 1.807) is 13.8 Å². The molecule has 1 heterocycles. The van der Waals surface area contributed by atoms with Crippen molar-refractivity contribution in [3.8, 4) is 0 Å². The van der Waals surface area contributed by atoms with Gasteiger partial charge in [-0.05, 0) is 0 Å². The number of imidazole rings is 1.